The van der Waals surface area contributed by atoms with Gasteiger partial charge < -0.3 is 5.32 Å². The van der Waals surface area contributed by atoms with E-state index in [4.69, 9.17) is 6.42 Å². The zero-order chi connectivity index (χ0) is 17.2. The van der Waals surface area contributed by atoms with Crippen LogP contribution in [0.1, 0.15) is 51.3 Å². The molecule has 0 aliphatic carbocycles. The topological polar surface area (TPSA) is 84.0 Å². The van der Waals surface area contributed by atoms with Crippen molar-refractivity contribution in [3.8, 4) is 12.3 Å². The molecule has 1 aliphatic rings. The predicted molar refractivity (Wildman–Crippen MR) is 90.6 cm³/mol. The second-order valence-corrected chi connectivity index (χ2v) is 6.29. The smallest absolute Gasteiger partial charge is 0.224 e. The highest BCUT2D eigenvalue weighted by molar-refractivity contribution is 5.90. The Morgan fingerprint density at radius 1 is 1.33 bits per heavy atom. The number of anilines is 1. The molecular formula is C17H20N6O. The third-order valence-electron chi connectivity index (χ3n) is 4.03. The number of fused-ring (bicyclic) bond motifs is 1. The number of carbonyl (C=O) groups excluding carboxylic acids is 1. The Labute approximate surface area is 140 Å². The normalized spacial score (nSPS) is 14.8. The summed E-state index contributed by atoms with van der Waals surface area (Å²) in [6.45, 7) is 4.11. The van der Waals surface area contributed by atoms with E-state index in [9.17, 15) is 4.79 Å². The molecule has 3 rings (SSSR count). The lowest BCUT2D eigenvalue weighted by Crippen LogP contribution is -2.18. The SMILES string of the molecule is C#CCCC1(CCC(=O)Nc2ccc3nnc(C(C)C)n3c2)N=N1. The minimum atomic E-state index is -0.424. The first-order valence-corrected chi connectivity index (χ1v) is 8.05. The number of nitrogens with one attached hydrogen (secondary N) is 1. The van der Waals surface area contributed by atoms with E-state index in [1.54, 1.807) is 0 Å². The average Bonchev–Trinajstić information content (AvgIpc) is 3.21. The summed E-state index contributed by atoms with van der Waals surface area (Å²) in [5.74, 6) is 3.64. The van der Waals surface area contributed by atoms with E-state index < -0.39 is 5.66 Å². The number of amides is 1. The van der Waals surface area contributed by atoms with Crippen LogP contribution >= 0.6 is 0 Å². The number of terminal acetylenes is 1. The molecule has 7 nitrogen and oxygen atoms in total. The fraction of sp³-hybridized carbons (Fsp3) is 0.471. The van der Waals surface area contributed by atoms with Gasteiger partial charge >= 0.3 is 0 Å². The van der Waals surface area contributed by atoms with Crippen molar-refractivity contribution in [2.24, 2.45) is 10.2 Å². The summed E-state index contributed by atoms with van der Waals surface area (Å²) in [6, 6.07) is 3.67. The summed E-state index contributed by atoms with van der Waals surface area (Å²) in [4.78, 5) is 12.2. The van der Waals surface area contributed by atoms with Crippen molar-refractivity contribution in [2.75, 3.05) is 5.32 Å². The minimum absolute atomic E-state index is 0.0640. The summed E-state index contributed by atoms with van der Waals surface area (Å²) in [5.41, 5.74) is 1.06. The van der Waals surface area contributed by atoms with Crippen LogP contribution < -0.4 is 5.32 Å². The average molecular weight is 324 g/mol. The third-order valence-corrected chi connectivity index (χ3v) is 4.03. The molecule has 0 unspecified atom stereocenters. The van der Waals surface area contributed by atoms with Gasteiger partial charge in [-0.1, -0.05) is 13.8 Å². The van der Waals surface area contributed by atoms with Gasteiger partial charge in [-0.3, -0.25) is 9.20 Å². The summed E-state index contributed by atoms with van der Waals surface area (Å²) in [7, 11) is 0. The number of hydrogen-bond acceptors (Lipinski definition) is 5. The van der Waals surface area contributed by atoms with Crippen LogP contribution in [0.25, 0.3) is 5.65 Å². The maximum atomic E-state index is 12.2. The fourth-order valence-electron chi connectivity index (χ4n) is 2.58. The van der Waals surface area contributed by atoms with E-state index in [-0.39, 0.29) is 11.8 Å². The highest BCUT2D eigenvalue weighted by Gasteiger charge is 2.39. The lowest BCUT2D eigenvalue weighted by Gasteiger charge is -2.10. The molecule has 1 aliphatic heterocycles. The number of carbonyl (C=O) groups is 1. The van der Waals surface area contributed by atoms with Crippen LogP contribution in [0.4, 0.5) is 5.69 Å². The Morgan fingerprint density at radius 2 is 2.12 bits per heavy atom. The van der Waals surface area contributed by atoms with Crippen LogP contribution in [0, 0.1) is 12.3 Å². The molecule has 2 aromatic rings. The first-order chi connectivity index (χ1) is 11.5. The van der Waals surface area contributed by atoms with Gasteiger partial charge in [0.2, 0.25) is 5.91 Å². The van der Waals surface area contributed by atoms with Gasteiger partial charge in [0.15, 0.2) is 11.3 Å². The van der Waals surface area contributed by atoms with Crippen molar-refractivity contribution in [2.45, 2.75) is 51.1 Å². The number of aromatic nitrogens is 3. The third kappa shape index (κ3) is 3.43. The maximum Gasteiger partial charge on any atom is 0.224 e. The Balaban J connectivity index is 1.61. The molecule has 0 fully saturated rings. The van der Waals surface area contributed by atoms with Gasteiger partial charge in [0, 0.05) is 37.8 Å². The molecule has 0 saturated heterocycles. The van der Waals surface area contributed by atoms with Crippen molar-refractivity contribution in [1.82, 2.24) is 14.6 Å². The Bertz CT molecular complexity index is 823. The van der Waals surface area contributed by atoms with E-state index >= 15 is 0 Å². The van der Waals surface area contributed by atoms with Crippen molar-refractivity contribution < 1.29 is 4.79 Å². The van der Waals surface area contributed by atoms with Crippen molar-refractivity contribution in [1.29, 1.82) is 0 Å². The lowest BCUT2D eigenvalue weighted by molar-refractivity contribution is -0.116. The van der Waals surface area contributed by atoms with Gasteiger partial charge in [-0.25, -0.2) is 0 Å². The molecule has 0 aromatic carbocycles. The second-order valence-electron chi connectivity index (χ2n) is 6.29. The molecule has 7 heteroatoms. The van der Waals surface area contributed by atoms with Crippen LogP contribution in [0.15, 0.2) is 28.6 Å². The highest BCUT2D eigenvalue weighted by atomic mass is 16.1. The number of hydrogen-bond donors (Lipinski definition) is 1. The quantitative estimate of drug-likeness (QED) is 0.794. The van der Waals surface area contributed by atoms with Gasteiger partial charge in [0.05, 0.1) is 5.69 Å². The molecule has 0 radical (unpaired) electrons. The number of pyridine rings is 1. The lowest BCUT2D eigenvalue weighted by atomic mass is 10.0. The Morgan fingerprint density at radius 3 is 2.79 bits per heavy atom. The molecule has 24 heavy (non-hydrogen) atoms. The molecule has 0 spiro atoms. The molecule has 3 heterocycles. The first-order valence-electron chi connectivity index (χ1n) is 8.05. The maximum absolute atomic E-state index is 12.2. The van der Waals surface area contributed by atoms with E-state index in [1.165, 1.54) is 0 Å². The van der Waals surface area contributed by atoms with E-state index in [2.05, 4.69) is 45.5 Å². The Kier molecular flexibility index (Phi) is 4.30. The van der Waals surface area contributed by atoms with E-state index in [1.807, 2.05) is 22.7 Å². The largest absolute Gasteiger partial charge is 0.325 e. The van der Waals surface area contributed by atoms with E-state index in [0.717, 1.165) is 17.2 Å². The molecule has 1 amide bonds. The zero-order valence-corrected chi connectivity index (χ0v) is 13.9. The number of nitrogens with zero attached hydrogens (tertiary/aromatic N) is 5. The van der Waals surface area contributed by atoms with Gasteiger partial charge in [0.1, 0.15) is 5.82 Å². The molecule has 0 atom stereocenters. The summed E-state index contributed by atoms with van der Waals surface area (Å²) in [5, 5.41) is 19.3. The fourth-order valence-corrected chi connectivity index (χ4v) is 2.58. The van der Waals surface area contributed by atoms with Crippen LogP contribution in [-0.4, -0.2) is 26.2 Å². The van der Waals surface area contributed by atoms with Crippen molar-refractivity contribution >= 4 is 17.2 Å². The highest BCUT2D eigenvalue weighted by Crippen LogP contribution is 2.37. The predicted octanol–water partition coefficient (Wildman–Crippen LogP) is 3.15. The monoisotopic (exact) mass is 324 g/mol. The summed E-state index contributed by atoms with van der Waals surface area (Å²) in [6.07, 6.45) is 9.39. The van der Waals surface area contributed by atoms with Gasteiger partial charge in [0.25, 0.3) is 0 Å². The molecule has 0 saturated carbocycles. The van der Waals surface area contributed by atoms with Gasteiger partial charge in [-0.2, -0.15) is 10.2 Å². The van der Waals surface area contributed by atoms with Gasteiger partial charge in [-0.05, 0) is 12.1 Å². The van der Waals surface area contributed by atoms with E-state index in [0.29, 0.717) is 25.7 Å². The van der Waals surface area contributed by atoms with Crippen LogP contribution in [0.2, 0.25) is 0 Å². The van der Waals surface area contributed by atoms with Gasteiger partial charge in [-0.15, -0.1) is 22.5 Å². The molecule has 124 valence electrons. The minimum Gasteiger partial charge on any atom is -0.325 e. The molecule has 1 N–H and O–H groups in total. The Hall–Kier alpha value is -2.75. The second kappa shape index (κ2) is 6.40. The van der Waals surface area contributed by atoms with Crippen molar-refractivity contribution in [3.63, 3.8) is 0 Å². The first kappa shape index (κ1) is 16.1. The van der Waals surface area contributed by atoms with Crippen LogP contribution in [-0.2, 0) is 4.79 Å². The zero-order valence-electron chi connectivity index (χ0n) is 13.9. The molecule has 2 aromatic heterocycles. The van der Waals surface area contributed by atoms with Crippen molar-refractivity contribution in [3.05, 3.63) is 24.2 Å². The van der Waals surface area contributed by atoms with Crippen LogP contribution in [0.3, 0.4) is 0 Å². The van der Waals surface area contributed by atoms with Crippen LogP contribution in [0.5, 0.6) is 0 Å². The molecule has 0 bridgehead atoms. The summed E-state index contributed by atoms with van der Waals surface area (Å²) >= 11 is 0. The number of rotatable bonds is 7. The standard InChI is InChI=1S/C17H20N6O/c1-4-5-9-17(21-22-17)10-8-15(24)18-13-6-7-14-19-20-16(12(2)3)23(14)11-13/h1,6-7,11-12H,5,8-10H2,2-3H3,(H,18,24). The summed E-state index contributed by atoms with van der Waals surface area (Å²) < 4.78 is 1.90. The molecular weight excluding hydrogens is 304 g/mol.